The number of nitrogens with one attached hydrogen (secondary N) is 2. The van der Waals surface area contributed by atoms with Gasteiger partial charge in [0.15, 0.2) is 0 Å². The molecular weight excluding hydrogens is 386 g/mol. The number of hydrogen-bond donors (Lipinski definition) is 2. The summed E-state index contributed by atoms with van der Waals surface area (Å²) in [7, 11) is 0. The molecule has 2 aromatic carbocycles. The zero-order valence-electron chi connectivity index (χ0n) is 17.1. The minimum absolute atomic E-state index is 0.0851. The molecule has 1 aliphatic carbocycles. The minimum Gasteiger partial charge on any atom is -0.349 e. The molecule has 5 heteroatoms. The van der Waals surface area contributed by atoms with Gasteiger partial charge in [-0.3, -0.25) is 9.59 Å². The zero-order valence-corrected chi connectivity index (χ0v) is 17.1. The van der Waals surface area contributed by atoms with Gasteiger partial charge in [-0.15, -0.1) is 0 Å². The number of anilines is 1. The normalized spacial score (nSPS) is 13.2. The van der Waals surface area contributed by atoms with E-state index in [1.807, 2.05) is 42.5 Å². The lowest BCUT2D eigenvalue weighted by Gasteiger charge is -2.12. The van der Waals surface area contributed by atoms with Crippen molar-refractivity contribution in [3.63, 3.8) is 0 Å². The Morgan fingerprint density at radius 2 is 1.58 bits per heavy atom. The third-order valence-corrected chi connectivity index (χ3v) is 5.22. The molecular formula is C26H23N3O2. The molecule has 1 heterocycles. The van der Waals surface area contributed by atoms with Crippen LogP contribution in [0.15, 0.2) is 72.9 Å². The standard InChI is InChI=1S/C26H23N3O2/c30-25(28-23-8-1-2-9-23)20-12-14-21(15-13-20)26(31)29-24-10-5-6-19(18-24)11-16-22-7-3-4-17-27-22/h3-7,10,12-15,17-18,23H,1-2,8-9H2,(H,28,30)(H,29,31). The second-order valence-electron chi connectivity index (χ2n) is 7.53. The maximum Gasteiger partial charge on any atom is 0.255 e. The summed E-state index contributed by atoms with van der Waals surface area (Å²) in [5, 5.41) is 5.94. The third-order valence-electron chi connectivity index (χ3n) is 5.22. The van der Waals surface area contributed by atoms with Gasteiger partial charge in [0, 0.05) is 34.6 Å². The molecule has 31 heavy (non-hydrogen) atoms. The Hall–Kier alpha value is -3.91. The summed E-state index contributed by atoms with van der Waals surface area (Å²) in [6.45, 7) is 0. The molecule has 2 amide bonds. The summed E-state index contributed by atoms with van der Waals surface area (Å²) in [5.74, 6) is 5.74. The molecule has 0 unspecified atom stereocenters. The number of aromatic nitrogens is 1. The van der Waals surface area contributed by atoms with Crippen LogP contribution >= 0.6 is 0 Å². The Kier molecular flexibility index (Phi) is 6.39. The van der Waals surface area contributed by atoms with Gasteiger partial charge < -0.3 is 10.6 Å². The highest BCUT2D eigenvalue weighted by atomic mass is 16.2. The number of nitrogens with zero attached hydrogens (tertiary/aromatic N) is 1. The molecule has 0 aliphatic heterocycles. The predicted molar refractivity (Wildman–Crippen MR) is 121 cm³/mol. The highest BCUT2D eigenvalue weighted by Crippen LogP contribution is 2.18. The Labute approximate surface area is 181 Å². The summed E-state index contributed by atoms with van der Waals surface area (Å²) >= 11 is 0. The van der Waals surface area contributed by atoms with E-state index in [2.05, 4.69) is 27.5 Å². The second-order valence-corrected chi connectivity index (χ2v) is 7.53. The highest BCUT2D eigenvalue weighted by molar-refractivity contribution is 6.05. The molecule has 1 saturated carbocycles. The van der Waals surface area contributed by atoms with Crippen LogP contribution in [-0.4, -0.2) is 22.8 Å². The molecule has 1 aliphatic rings. The first-order valence-corrected chi connectivity index (χ1v) is 10.4. The number of benzene rings is 2. The second kappa shape index (κ2) is 9.73. The van der Waals surface area contributed by atoms with Gasteiger partial charge in [-0.25, -0.2) is 4.98 Å². The fourth-order valence-electron chi connectivity index (χ4n) is 3.56. The largest absolute Gasteiger partial charge is 0.349 e. The van der Waals surface area contributed by atoms with E-state index in [0.717, 1.165) is 18.4 Å². The lowest BCUT2D eigenvalue weighted by Crippen LogP contribution is -2.32. The summed E-state index contributed by atoms with van der Waals surface area (Å²) in [5.41, 5.74) is 3.18. The van der Waals surface area contributed by atoms with E-state index in [9.17, 15) is 9.59 Å². The quantitative estimate of drug-likeness (QED) is 0.627. The van der Waals surface area contributed by atoms with Crippen molar-refractivity contribution in [3.05, 3.63) is 95.3 Å². The van der Waals surface area contributed by atoms with Crippen molar-refractivity contribution in [2.45, 2.75) is 31.7 Å². The molecule has 0 radical (unpaired) electrons. The van der Waals surface area contributed by atoms with E-state index >= 15 is 0 Å². The first-order valence-electron chi connectivity index (χ1n) is 10.4. The Morgan fingerprint density at radius 3 is 2.29 bits per heavy atom. The topological polar surface area (TPSA) is 71.1 Å². The van der Waals surface area contributed by atoms with Crippen molar-refractivity contribution in [2.75, 3.05) is 5.32 Å². The van der Waals surface area contributed by atoms with Gasteiger partial charge in [0.25, 0.3) is 11.8 Å². The first-order chi connectivity index (χ1) is 15.2. The molecule has 3 aromatic rings. The first kappa shape index (κ1) is 20.4. The number of carbonyl (C=O) groups excluding carboxylic acids is 2. The molecule has 2 N–H and O–H groups in total. The van der Waals surface area contributed by atoms with E-state index in [0.29, 0.717) is 22.5 Å². The van der Waals surface area contributed by atoms with Crippen LogP contribution in [0.5, 0.6) is 0 Å². The van der Waals surface area contributed by atoms with Gasteiger partial charge >= 0.3 is 0 Å². The molecule has 1 aromatic heterocycles. The van der Waals surface area contributed by atoms with Crippen molar-refractivity contribution in [1.82, 2.24) is 10.3 Å². The van der Waals surface area contributed by atoms with Crippen molar-refractivity contribution in [2.24, 2.45) is 0 Å². The van der Waals surface area contributed by atoms with Gasteiger partial charge in [-0.05, 0) is 73.4 Å². The third kappa shape index (κ3) is 5.58. The van der Waals surface area contributed by atoms with E-state index in [-0.39, 0.29) is 17.9 Å². The highest BCUT2D eigenvalue weighted by Gasteiger charge is 2.18. The predicted octanol–water partition coefficient (Wildman–Crippen LogP) is 4.41. The molecule has 1 fully saturated rings. The maximum absolute atomic E-state index is 12.6. The SMILES string of the molecule is O=C(Nc1cccc(C#Cc2ccccn2)c1)c1ccc(C(=O)NC2CCCC2)cc1. The Morgan fingerprint density at radius 1 is 0.839 bits per heavy atom. The summed E-state index contributed by atoms with van der Waals surface area (Å²) in [6.07, 6.45) is 6.11. The maximum atomic E-state index is 12.6. The van der Waals surface area contributed by atoms with E-state index in [1.165, 1.54) is 12.8 Å². The molecule has 0 saturated heterocycles. The van der Waals surface area contributed by atoms with E-state index < -0.39 is 0 Å². The molecule has 5 nitrogen and oxygen atoms in total. The van der Waals surface area contributed by atoms with Crippen LogP contribution in [-0.2, 0) is 0 Å². The lowest BCUT2D eigenvalue weighted by atomic mass is 10.1. The number of rotatable bonds is 4. The molecule has 0 bridgehead atoms. The van der Waals surface area contributed by atoms with Crippen molar-refractivity contribution in [3.8, 4) is 11.8 Å². The number of carbonyl (C=O) groups is 2. The van der Waals surface area contributed by atoms with Crippen LogP contribution < -0.4 is 10.6 Å². The minimum atomic E-state index is -0.238. The van der Waals surface area contributed by atoms with Crippen LogP contribution in [0.25, 0.3) is 0 Å². The van der Waals surface area contributed by atoms with E-state index in [1.54, 1.807) is 30.5 Å². The van der Waals surface area contributed by atoms with Gasteiger partial charge in [0.1, 0.15) is 5.69 Å². The molecule has 0 atom stereocenters. The Bertz CT molecular complexity index is 1120. The molecule has 4 rings (SSSR count). The number of pyridine rings is 1. The van der Waals surface area contributed by atoms with Crippen molar-refractivity contribution >= 4 is 17.5 Å². The van der Waals surface area contributed by atoms with Gasteiger partial charge in [-0.1, -0.05) is 30.9 Å². The molecule has 154 valence electrons. The fraction of sp³-hybridized carbons (Fsp3) is 0.192. The summed E-state index contributed by atoms with van der Waals surface area (Å²) < 4.78 is 0. The average Bonchev–Trinajstić information content (AvgIpc) is 3.32. The summed E-state index contributed by atoms with van der Waals surface area (Å²) in [4.78, 5) is 29.1. The van der Waals surface area contributed by atoms with Crippen molar-refractivity contribution in [1.29, 1.82) is 0 Å². The monoisotopic (exact) mass is 409 g/mol. The summed E-state index contributed by atoms with van der Waals surface area (Å²) in [6, 6.07) is 19.9. The van der Waals surface area contributed by atoms with E-state index in [4.69, 9.17) is 0 Å². The van der Waals surface area contributed by atoms with Gasteiger partial charge in [0.2, 0.25) is 0 Å². The lowest BCUT2D eigenvalue weighted by molar-refractivity contribution is 0.0936. The molecule has 0 spiro atoms. The van der Waals surface area contributed by atoms with Crippen LogP contribution in [0.1, 0.15) is 57.7 Å². The van der Waals surface area contributed by atoms with Crippen LogP contribution in [0.2, 0.25) is 0 Å². The van der Waals surface area contributed by atoms with Crippen LogP contribution in [0.4, 0.5) is 5.69 Å². The smallest absolute Gasteiger partial charge is 0.255 e. The Balaban J connectivity index is 1.39. The van der Waals surface area contributed by atoms with Crippen LogP contribution in [0.3, 0.4) is 0 Å². The van der Waals surface area contributed by atoms with Crippen molar-refractivity contribution < 1.29 is 9.59 Å². The van der Waals surface area contributed by atoms with Crippen LogP contribution in [0, 0.1) is 11.8 Å². The number of amides is 2. The zero-order chi connectivity index (χ0) is 21.5. The fourth-order valence-corrected chi connectivity index (χ4v) is 3.56. The average molecular weight is 409 g/mol. The van der Waals surface area contributed by atoms with Gasteiger partial charge in [0.05, 0.1) is 0 Å². The van der Waals surface area contributed by atoms with Gasteiger partial charge in [-0.2, -0.15) is 0 Å². The number of hydrogen-bond acceptors (Lipinski definition) is 3.